The van der Waals surface area contributed by atoms with Crippen molar-refractivity contribution < 1.29 is 9.59 Å². The monoisotopic (exact) mass is 206 g/mol. The molecule has 0 N–H and O–H groups in total. The smallest absolute Gasteiger partial charge is 0.267 e. The Balaban J connectivity index is 2.66. The molecular weight excluding hydrogens is 204 g/mol. The lowest BCUT2D eigenvalue weighted by Gasteiger charge is -1.97. The SMILES string of the molecule is N#CN1C(=O)c2ccc(Cl)cc2C1=O. The topological polar surface area (TPSA) is 61.2 Å². The maximum absolute atomic E-state index is 11.4. The summed E-state index contributed by atoms with van der Waals surface area (Å²) >= 11 is 5.66. The highest BCUT2D eigenvalue weighted by Gasteiger charge is 2.35. The first-order valence-electron chi connectivity index (χ1n) is 3.73. The van der Waals surface area contributed by atoms with Gasteiger partial charge in [-0.05, 0) is 18.2 Å². The fraction of sp³-hybridized carbons (Fsp3) is 0. The number of carbonyl (C=O) groups is 2. The van der Waals surface area contributed by atoms with Crippen LogP contribution in [0.4, 0.5) is 0 Å². The van der Waals surface area contributed by atoms with E-state index in [9.17, 15) is 9.59 Å². The van der Waals surface area contributed by atoms with Crippen LogP contribution in [0.15, 0.2) is 18.2 Å². The summed E-state index contributed by atoms with van der Waals surface area (Å²) in [5.74, 6) is -1.21. The van der Waals surface area contributed by atoms with Crippen molar-refractivity contribution in [1.82, 2.24) is 4.90 Å². The van der Waals surface area contributed by atoms with Crippen molar-refractivity contribution in [3.8, 4) is 6.19 Å². The maximum atomic E-state index is 11.4. The summed E-state index contributed by atoms with van der Waals surface area (Å²) in [4.78, 5) is 23.3. The van der Waals surface area contributed by atoms with Crippen LogP contribution >= 0.6 is 11.6 Å². The molecule has 1 heterocycles. The molecule has 0 radical (unpaired) electrons. The zero-order valence-electron chi connectivity index (χ0n) is 6.82. The lowest BCUT2D eigenvalue weighted by Crippen LogP contribution is -2.23. The van der Waals surface area contributed by atoms with Crippen molar-refractivity contribution in [2.75, 3.05) is 0 Å². The summed E-state index contributed by atoms with van der Waals surface area (Å²) in [6.45, 7) is 0. The highest BCUT2D eigenvalue weighted by molar-refractivity contribution is 6.32. The Morgan fingerprint density at radius 2 is 1.86 bits per heavy atom. The van der Waals surface area contributed by atoms with Crippen molar-refractivity contribution in [3.05, 3.63) is 34.3 Å². The summed E-state index contributed by atoms with van der Waals surface area (Å²) in [7, 11) is 0. The number of carbonyl (C=O) groups excluding carboxylic acids is 2. The van der Waals surface area contributed by atoms with Crippen molar-refractivity contribution in [2.24, 2.45) is 0 Å². The molecule has 0 saturated carbocycles. The summed E-state index contributed by atoms with van der Waals surface area (Å²) in [5, 5.41) is 8.92. The number of nitriles is 1. The molecule has 1 aliphatic rings. The quantitative estimate of drug-likeness (QED) is 0.476. The van der Waals surface area contributed by atoms with E-state index in [-0.39, 0.29) is 11.1 Å². The molecular formula is C9H3ClN2O2. The van der Waals surface area contributed by atoms with Gasteiger partial charge in [-0.25, -0.2) is 0 Å². The van der Waals surface area contributed by atoms with Gasteiger partial charge in [-0.2, -0.15) is 10.2 Å². The number of nitrogens with zero attached hydrogens (tertiary/aromatic N) is 2. The van der Waals surface area contributed by atoms with E-state index in [1.807, 2.05) is 0 Å². The van der Waals surface area contributed by atoms with E-state index < -0.39 is 11.8 Å². The molecule has 0 saturated heterocycles. The lowest BCUT2D eigenvalue weighted by atomic mass is 10.1. The molecule has 4 nitrogen and oxygen atoms in total. The molecule has 1 aliphatic heterocycles. The second-order valence-corrected chi connectivity index (χ2v) is 3.17. The highest BCUT2D eigenvalue weighted by Crippen LogP contribution is 2.24. The van der Waals surface area contributed by atoms with E-state index in [2.05, 4.69) is 0 Å². The van der Waals surface area contributed by atoms with E-state index in [1.54, 1.807) is 0 Å². The average molecular weight is 207 g/mol. The van der Waals surface area contributed by atoms with E-state index in [1.165, 1.54) is 24.4 Å². The predicted octanol–water partition coefficient (Wildman–Crippen LogP) is 1.42. The molecule has 0 aromatic heterocycles. The van der Waals surface area contributed by atoms with Crippen LogP contribution in [-0.2, 0) is 0 Å². The minimum Gasteiger partial charge on any atom is -0.267 e. The number of hydrogen-bond acceptors (Lipinski definition) is 3. The number of rotatable bonds is 0. The van der Waals surface area contributed by atoms with Crippen molar-refractivity contribution in [2.45, 2.75) is 0 Å². The van der Waals surface area contributed by atoms with Gasteiger partial charge in [-0.15, -0.1) is 0 Å². The van der Waals surface area contributed by atoms with E-state index in [4.69, 9.17) is 16.9 Å². The third-order valence-electron chi connectivity index (χ3n) is 1.95. The van der Waals surface area contributed by atoms with Gasteiger partial charge in [0.1, 0.15) is 0 Å². The summed E-state index contributed by atoms with van der Waals surface area (Å²) < 4.78 is 0. The fourth-order valence-electron chi connectivity index (χ4n) is 1.30. The van der Waals surface area contributed by atoms with E-state index in [0.29, 0.717) is 9.92 Å². The zero-order chi connectivity index (χ0) is 10.3. The molecule has 0 spiro atoms. The van der Waals surface area contributed by atoms with Crippen LogP contribution in [0.3, 0.4) is 0 Å². The van der Waals surface area contributed by atoms with E-state index in [0.717, 1.165) is 0 Å². The molecule has 0 bridgehead atoms. The number of hydrogen-bond donors (Lipinski definition) is 0. The van der Waals surface area contributed by atoms with Gasteiger partial charge in [0.2, 0.25) is 0 Å². The van der Waals surface area contributed by atoms with Gasteiger partial charge in [0.15, 0.2) is 6.19 Å². The summed E-state index contributed by atoms with van der Waals surface area (Å²) in [6.07, 6.45) is 1.52. The molecule has 68 valence electrons. The normalized spacial score (nSPS) is 14.1. The first-order valence-corrected chi connectivity index (χ1v) is 4.11. The molecule has 1 aromatic rings. The molecule has 1 aromatic carbocycles. The maximum Gasteiger partial charge on any atom is 0.275 e. The number of amides is 2. The van der Waals surface area contributed by atoms with Gasteiger partial charge >= 0.3 is 0 Å². The Morgan fingerprint density at radius 1 is 1.21 bits per heavy atom. The summed E-state index contributed by atoms with van der Waals surface area (Å²) in [6, 6.07) is 4.33. The second-order valence-electron chi connectivity index (χ2n) is 2.74. The number of fused-ring (bicyclic) bond motifs is 1. The molecule has 0 aliphatic carbocycles. The van der Waals surface area contributed by atoms with Crippen LogP contribution in [0.25, 0.3) is 0 Å². The van der Waals surface area contributed by atoms with Gasteiger partial charge in [-0.3, -0.25) is 9.59 Å². The fourth-order valence-corrected chi connectivity index (χ4v) is 1.48. The first kappa shape index (κ1) is 8.73. The van der Waals surface area contributed by atoms with Crippen LogP contribution in [0, 0.1) is 11.5 Å². The summed E-state index contributed by atoms with van der Waals surface area (Å²) in [5.41, 5.74) is 0.407. The van der Waals surface area contributed by atoms with Crippen LogP contribution in [0.1, 0.15) is 20.7 Å². The van der Waals surface area contributed by atoms with Crippen molar-refractivity contribution in [1.29, 1.82) is 5.26 Å². The van der Waals surface area contributed by atoms with Crippen LogP contribution in [-0.4, -0.2) is 16.7 Å². The zero-order valence-corrected chi connectivity index (χ0v) is 7.58. The largest absolute Gasteiger partial charge is 0.275 e. The lowest BCUT2D eigenvalue weighted by molar-refractivity contribution is 0.0732. The van der Waals surface area contributed by atoms with Crippen molar-refractivity contribution in [3.63, 3.8) is 0 Å². The van der Waals surface area contributed by atoms with Crippen LogP contribution in [0.5, 0.6) is 0 Å². The number of benzene rings is 1. The minimum atomic E-state index is -0.616. The highest BCUT2D eigenvalue weighted by atomic mass is 35.5. The molecule has 2 rings (SSSR count). The van der Waals surface area contributed by atoms with Gasteiger partial charge in [-0.1, -0.05) is 11.6 Å². The van der Waals surface area contributed by atoms with Gasteiger partial charge in [0.25, 0.3) is 11.8 Å². The molecule has 0 unspecified atom stereocenters. The standard InChI is InChI=1S/C9H3ClN2O2/c10-5-1-2-6-7(3-5)9(14)12(4-11)8(6)13/h1-3H. The van der Waals surface area contributed by atoms with Crippen LogP contribution < -0.4 is 0 Å². The molecule has 0 fully saturated rings. The first-order chi connectivity index (χ1) is 6.65. The van der Waals surface area contributed by atoms with Gasteiger partial charge in [0.05, 0.1) is 11.1 Å². The Kier molecular flexibility index (Phi) is 1.76. The van der Waals surface area contributed by atoms with E-state index >= 15 is 0 Å². The Bertz CT molecular complexity index is 490. The Hall–Kier alpha value is -1.86. The predicted molar refractivity (Wildman–Crippen MR) is 47.6 cm³/mol. The van der Waals surface area contributed by atoms with Gasteiger partial charge in [0, 0.05) is 5.02 Å². The second kappa shape index (κ2) is 2.82. The van der Waals surface area contributed by atoms with Crippen LogP contribution in [0.2, 0.25) is 5.02 Å². The molecule has 0 atom stereocenters. The molecule has 2 amide bonds. The minimum absolute atomic E-state index is 0.184. The Morgan fingerprint density at radius 3 is 2.50 bits per heavy atom. The number of halogens is 1. The Labute approximate surface area is 84.3 Å². The molecule has 5 heteroatoms. The third kappa shape index (κ3) is 0.998. The number of imide groups is 1. The van der Waals surface area contributed by atoms with Crippen molar-refractivity contribution >= 4 is 23.4 Å². The molecule has 14 heavy (non-hydrogen) atoms. The van der Waals surface area contributed by atoms with Gasteiger partial charge < -0.3 is 0 Å². The third-order valence-corrected chi connectivity index (χ3v) is 2.18. The average Bonchev–Trinajstić information content (AvgIpc) is 2.39.